The number of imide groups is 1. The minimum Gasteiger partial charge on any atom is -0.452 e. The van der Waals surface area contributed by atoms with Crippen LogP contribution in [0, 0.1) is 19.7 Å². The van der Waals surface area contributed by atoms with Crippen LogP contribution in [-0.2, 0) is 14.3 Å². The Morgan fingerprint density at radius 3 is 2.64 bits per heavy atom. The third-order valence-electron chi connectivity index (χ3n) is 4.30. The number of nitrogens with zero attached hydrogens (tertiary/aromatic N) is 3. The first kappa shape index (κ1) is 19.3. The van der Waals surface area contributed by atoms with Crippen LogP contribution in [0.3, 0.4) is 0 Å². The van der Waals surface area contributed by atoms with Gasteiger partial charge in [0.25, 0.3) is 5.91 Å². The molecule has 3 amide bonds. The van der Waals surface area contributed by atoms with Crippen LogP contribution >= 0.6 is 0 Å². The van der Waals surface area contributed by atoms with Crippen molar-refractivity contribution in [1.29, 1.82) is 0 Å². The quantitative estimate of drug-likeness (QED) is 0.624. The fourth-order valence-corrected chi connectivity index (χ4v) is 2.85. The summed E-state index contributed by atoms with van der Waals surface area (Å²) in [6, 6.07) is 5.41. The highest BCUT2D eigenvalue weighted by atomic mass is 19.1. The predicted molar refractivity (Wildman–Crippen MR) is 98.1 cm³/mol. The Kier molecular flexibility index (Phi) is 5.53. The molecule has 2 aromatic rings. The van der Waals surface area contributed by atoms with Crippen LogP contribution in [0.25, 0.3) is 11.8 Å². The first-order chi connectivity index (χ1) is 13.4. The van der Waals surface area contributed by atoms with Crippen LogP contribution in [-0.4, -0.2) is 52.3 Å². The first-order valence-electron chi connectivity index (χ1n) is 8.62. The van der Waals surface area contributed by atoms with Gasteiger partial charge in [-0.05, 0) is 44.2 Å². The van der Waals surface area contributed by atoms with Gasteiger partial charge in [0.2, 0.25) is 0 Å². The van der Waals surface area contributed by atoms with Gasteiger partial charge in [0.05, 0.1) is 11.4 Å². The highest BCUT2D eigenvalue weighted by molar-refractivity contribution is 5.97. The molecule has 146 valence electrons. The number of benzene rings is 1. The number of esters is 1. The van der Waals surface area contributed by atoms with Gasteiger partial charge in [-0.1, -0.05) is 0 Å². The number of carbonyl (C=O) groups is 3. The number of hydrogen-bond donors (Lipinski definition) is 1. The molecule has 0 saturated carbocycles. The molecule has 1 N–H and O–H groups in total. The molecule has 1 fully saturated rings. The number of urea groups is 1. The van der Waals surface area contributed by atoms with Crippen molar-refractivity contribution in [3.8, 4) is 5.69 Å². The van der Waals surface area contributed by atoms with Gasteiger partial charge < -0.3 is 10.1 Å². The zero-order chi connectivity index (χ0) is 20.3. The van der Waals surface area contributed by atoms with E-state index < -0.39 is 24.5 Å². The van der Waals surface area contributed by atoms with E-state index in [2.05, 4.69) is 10.4 Å². The maximum Gasteiger partial charge on any atom is 0.331 e. The summed E-state index contributed by atoms with van der Waals surface area (Å²) in [5.74, 6) is -1.62. The molecule has 1 aromatic carbocycles. The molecule has 0 bridgehead atoms. The number of halogens is 1. The smallest absolute Gasteiger partial charge is 0.331 e. The van der Waals surface area contributed by atoms with Crippen LogP contribution in [0.1, 0.15) is 17.0 Å². The molecular formula is C19H19FN4O4. The fraction of sp³-hybridized carbons (Fsp3) is 0.263. The lowest BCUT2D eigenvalue weighted by Crippen LogP contribution is -2.37. The van der Waals surface area contributed by atoms with Crippen molar-refractivity contribution in [1.82, 2.24) is 20.0 Å². The fourth-order valence-electron chi connectivity index (χ4n) is 2.85. The highest BCUT2D eigenvalue weighted by Gasteiger charge is 2.26. The van der Waals surface area contributed by atoms with E-state index in [0.717, 1.165) is 10.6 Å². The number of aryl methyl sites for hydroxylation is 1. The number of carbonyl (C=O) groups excluding carboxylic acids is 3. The molecule has 1 aliphatic heterocycles. The van der Waals surface area contributed by atoms with Crippen LogP contribution in [0.4, 0.5) is 9.18 Å². The number of rotatable bonds is 5. The largest absolute Gasteiger partial charge is 0.452 e. The van der Waals surface area contributed by atoms with Crippen molar-refractivity contribution in [2.75, 3.05) is 19.7 Å². The predicted octanol–water partition coefficient (Wildman–Crippen LogP) is 1.74. The molecule has 1 saturated heterocycles. The molecule has 0 radical (unpaired) electrons. The van der Waals surface area contributed by atoms with Gasteiger partial charge in [0.15, 0.2) is 6.61 Å². The maximum atomic E-state index is 13.1. The molecule has 28 heavy (non-hydrogen) atoms. The second kappa shape index (κ2) is 8.03. The Labute approximate surface area is 160 Å². The first-order valence-corrected chi connectivity index (χ1v) is 8.62. The summed E-state index contributed by atoms with van der Waals surface area (Å²) in [6.45, 7) is 3.74. The van der Waals surface area contributed by atoms with Gasteiger partial charge in [-0.15, -0.1) is 0 Å². The van der Waals surface area contributed by atoms with Crippen LogP contribution < -0.4 is 5.32 Å². The highest BCUT2D eigenvalue weighted by Crippen LogP contribution is 2.19. The van der Waals surface area contributed by atoms with E-state index in [0.29, 0.717) is 23.5 Å². The Bertz CT molecular complexity index is 950. The number of hydrogen-bond acceptors (Lipinski definition) is 5. The Hall–Kier alpha value is -3.49. The number of aromatic nitrogens is 2. The topological polar surface area (TPSA) is 93.5 Å². The average molecular weight is 386 g/mol. The second-order valence-corrected chi connectivity index (χ2v) is 6.19. The molecule has 1 aromatic heterocycles. The van der Waals surface area contributed by atoms with Crippen molar-refractivity contribution < 1.29 is 23.5 Å². The molecule has 1 aliphatic rings. The van der Waals surface area contributed by atoms with Crippen LogP contribution in [0.15, 0.2) is 30.3 Å². The van der Waals surface area contributed by atoms with Gasteiger partial charge in [0, 0.05) is 30.4 Å². The summed E-state index contributed by atoms with van der Waals surface area (Å²) in [4.78, 5) is 36.1. The minimum absolute atomic E-state index is 0.256. The number of ether oxygens (including phenoxy) is 1. The molecule has 9 heteroatoms. The van der Waals surface area contributed by atoms with E-state index in [1.165, 1.54) is 18.2 Å². The van der Waals surface area contributed by atoms with E-state index in [-0.39, 0.29) is 12.4 Å². The van der Waals surface area contributed by atoms with Gasteiger partial charge in [-0.25, -0.2) is 18.7 Å². The Morgan fingerprint density at radius 2 is 2.00 bits per heavy atom. The normalized spacial score (nSPS) is 13.8. The standard InChI is InChI=1S/C19H19FN4O4/c1-12-16(13(2)24(22-12)15-5-3-14(20)4-6-15)7-8-18(26)28-11-17(25)23-10-9-21-19(23)27/h3-8H,9-11H2,1-2H3,(H,21,27)/b8-7+. The van der Waals surface area contributed by atoms with Crippen LogP contribution in [0.2, 0.25) is 0 Å². The van der Waals surface area contributed by atoms with Gasteiger partial charge in [-0.2, -0.15) is 5.10 Å². The average Bonchev–Trinajstić information content (AvgIpc) is 3.22. The zero-order valence-corrected chi connectivity index (χ0v) is 15.4. The zero-order valence-electron chi connectivity index (χ0n) is 15.4. The van der Waals surface area contributed by atoms with E-state index in [4.69, 9.17) is 4.74 Å². The van der Waals surface area contributed by atoms with Gasteiger partial charge >= 0.3 is 12.0 Å². The summed E-state index contributed by atoms with van der Waals surface area (Å²) in [5.41, 5.74) is 2.85. The molecule has 0 spiro atoms. The van der Waals surface area contributed by atoms with Crippen molar-refractivity contribution in [2.24, 2.45) is 0 Å². The summed E-state index contributed by atoms with van der Waals surface area (Å²) >= 11 is 0. The Balaban J connectivity index is 1.65. The monoisotopic (exact) mass is 386 g/mol. The van der Waals surface area contributed by atoms with Crippen molar-refractivity contribution in [3.63, 3.8) is 0 Å². The van der Waals surface area contributed by atoms with Crippen molar-refractivity contribution >= 4 is 24.0 Å². The van der Waals surface area contributed by atoms with Crippen molar-refractivity contribution in [2.45, 2.75) is 13.8 Å². The van der Waals surface area contributed by atoms with Crippen LogP contribution in [0.5, 0.6) is 0 Å². The van der Waals surface area contributed by atoms with Crippen molar-refractivity contribution in [3.05, 3.63) is 53.1 Å². The third-order valence-corrected chi connectivity index (χ3v) is 4.30. The molecule has 0 unspecified atom stereocenters. The lowest BCUT2D eigenvalue weighted by Gasteiger charge is -2.11. The maximum absolute atomic E-state index is 13.1. The van der Waals surface area contributed by atoms with Gasteiger partial charge in [-0.3, -0.25) is 9.69 Å². The second-order valence-electron chi connectivity index (χ2n) is 6.19. The minimum atomic E-state index is -0.707. The van der Waals surface area contributed by atoms with Gasteiger partial charge in [0.1, 0.15) is 5.82 Å². The lowest BCUT2D eigenvalue weighted by atomic mass is 10.2. The van der Waals surface area contributed by atoms with E-state index in [1.54, 1.807) is 29.8 Å². The summed E-state index contributed by atoms with van der Waals surface area (Å²) in [7, 11) is 0. The molecule has 3 rings (SSSR count). The summed E-state index contributed by atoms with van der Waals surface area (Å²) < 4.78 is 19.7. The van der Waals surface area contributed by atoms with E-state index >= 15 is 0 Å². The Morgan fingerprint density at radius 1 is 1.29 bits per heavy atom. The lowest BCUT2D eigenvalue weighted by molar-refractivity contribution is -0.146. The number of amides is 3. The van der Waals surface area contributed by atoms with E-state index in [9.17, 15) is 18.8 Å². The molecule has 0 aliphatic carbocycles. The summed E-state index contributed by atoms with van der Waals surface area (Å²) in [5, 5.41) is 6.91. The SMILES string of the molecule is Cc1nn(-c2ccc(F)cc2)c(C)c1/C=C/C(=O)OCC(=O)N1CCNC1=O. The number of nitrogens with one attached hydrogen (secondary N) is 1. The molecule has 8 nitrogen and oxygen atoms in total. The summed E-state index contributed by atoms with van der Waals surface area (Å²) in [6.07, 6.45) is 2.75. The van der Waals surface area contributed by atoms with E-state index in [1.807, 2.05) is 6.92 Å². The molecular weight excluding hydrogens is 367 g/mol. The third kappa shape index (κ3) is 4.08. The molecule has 0 atom stereocenters. The molecule has 2 heterocycles.